The third-order valence-electron chi connectivity index (χ3n) is 3.35. The van der Waals surface area contributed by atoms with Crippen LogP contribution in [0.2, 0.25) is 0 Å². The molecular weight excluding hydrogens is 286 g/mol. The zero-order chi connectivity index (χ0) is 16.3. The van der Waals surface area contributed by atoms with Crippen LogP contribution in [0.4, 0.5) is 4.79 Å². The molecule has 1 unspecified atom stereocenters. The summed E-state index contributed by atoms with van der Waals surface area (Å²) >= 11 is 0. The summed E-state index contributed by atoms with van der Waals surface area (Å²) in [6.45, 7) is 5.60. The van der Waals surface area contributed by atoms with Crippen LogP contribution in [-0.4, -0.2) is 35.4 Å². The molecule has 22 heavy (non-hydrogen) atoms. The van der Waals surface area contributed by atoms with Crippen LogP contribution in [0.1, 0.15) is 38.7 Å². The highest BCUT2D eigenvalue weighted by Gasteiger charge is 2.35. The molecule has 2 rings (SSSR count). The molecule has 2 atom stereocenters. The molecule has 0 radical (unpaired) electrons. The van der Waals surface area contributed by atoms with E-state index >= 15 is 0 Å². The van der Waals surface area contributed by atoms with Crippen molar-refractivity contribution in [3.05, 3.63) is 29.8 Å². The fourth-order valence-corrected chi connectivity index (χ4v) is 2.48. The Balaban J connectivity index is 2.19. The lowest BCUT2D eigenvalue weighted by molar-refractivity contribution is -0.140. The van der Waals surface area contributed by atoms with Crippen molar-refractivity contribution in [3.8, 4) is 5.75 Å². The fraction of sp³-hybridized carbons (Fsp3) is 0.500. The predicted molar refractivity (Wildman–Crippen MR) is 80.1 cm³/mol. The Kier molecular flexibility index (Phi) is 4.59. The van der Waals surface area contributed by atoms with Crippen LogP contribution in [-0.2, 0) is 9.53 Å². The van der Waals surface area contributed by atoms with Gasteiger partial charge in [-0.3, -0.25) is 0 Å². The Morgan fingerprint density at radius 2 is 2.05 bits per heavy atom. The predicted octanol–water partition coefficient (Wildman–Crippen LogP) is 2.53. The Labute approximate surface area is 129 Å². The molecule has 1 heterocycles. The molecule has 0 saturated heterocycles. The van der Waals surface area contributed by atoms with Gasteiger partial charge in [0, 0.05) is 5.92 Å². The highest BCUT2D eigenvalue weighted by Crippen LogP contribution is 2.35. The minimum atomic E-state index is -1.09. The van der Waals surface area contributed by atoms with Crippen LogP contribution in [0.15, 0.2) is 24.3 Å². The standard InChI is InChI=1S/C16H21NO5/c1-16(2,3)22-15(20)17-13(14(18)19)11-8-9-21-12-7-5-4-6-10(11)12/h4-7,11,13H,8-9H2,1-3H3,(H,17,20)(H,18,19)/t11-,13?/m0/s1. The number of alkyl carbamates (subject to hydrolysis) is 1. The third-order valence-corrected chi connectivity index (χ3v) is 3.35. The van der Waals surface area contributed by atoms with Crippen LogP contribution in [0.25, 0.3) is 0 Å². The van der Waals surface area contributed by atoms with E-state index in [1.54, 1.807) is 26.8 Å². The number of amides is 1. The number of ether oxygens (including phenoxy) is 2. The van der Waals surface area contributed by atoms with Gasteiger partial charge in [0.2, 0.25) is 0 Å². The molecule has 0 aromatic heterocycles. The zero-order valence-corrected chi connectivity index (χ0v) is 13.0. The van der Waals surface area contributed by atoms with E-state index in [1.807, 2.05) is 18.2 Å². The normalized spacial score (nSPS) is 18.6. The van der Waals surface area contributed by atoms with Gasteiger partial charge in [-0.05, 0) is 38.8 Å². The SMILES string of the molecule is CC(C)(C)OC(=O)NC(C(=O)O)[C@H]1CCOc2ccccc21. The van der Waals surface area contributed by atoms with E-state index in [4.69, 9.17) is 9.47 Å². The lowest BCUT2D eigenvalue weighted by atomic mass is 9.86. The summed E-state index contributed by atoms with van der Waals surface area (Å²) in [5.41, 5.74) is 0.109. The molecule has 120 valence electrons. The van der Waals surface area contributed by atoms with Crippen molar-refractivity contribution in [3.63, 3.8) is 0 Å². The van der Waals surface area contributed by atoms with Crippen LogP contribution < -0.4 is 10.1 Å². The van der Waals surface area contributed by atoms with Crippen LogP contribution >= 0.6 is 0 Å². The lowest BCUT2D eigenvalue weighted by Crippen LogP contribution is -2.47. The third kappa shape index (κ3) is 3.90. The van der Waals surface area contributed by atoms with Crippen molar-refractivity contribution in [2.75, 3.05) is 6.61 Å². The highest BCUT2D eigenvalue weighted by atomic mass is 16.6. The molecule has 0 fully saturated rings. The number of aliphatic carboxylic acids is 1. The molecule has 1 aliphatic rings. The molecule has 0 aliphatic carbocycles. The summed E-state index contributed by atoms with van der Waals surface area (Å²) in [6, 6.07) is 6.23. The first-order chi connectivity index (χ1) is 10.3. The van der Waals surface area contributed by atoms with Crippen LogP contribution in [0, 0.1) is 0 Å². The van der Waals surface area contributed by atoms with Gasteiger partial charge in [-0.15, -0.1) is 0 Å². The number of nitrogens with one attached hydrogen (secondary N) is 1. The van der Waals surface area contributed by atoms with Gasteiger partial charge in [-0.1, -0.05) is 18.2 Å². The van der Waals surface area contributed by atoms with Crippen LogP contribution in [0.5, 0.6) is 5.75 Å². The molecule has 1 aromatic rings. The maximum Gasteiger partial charge on any atom is 0.408 e. The van der Waals surface area contributed by atoms with E-state index in [-0.39, 0.29) is 5.92 Å². The highest BCUT2D eigenvalue weighted by molar-refractivity contribution is 5.81. The van der Waals surface area contributed by atoms with Crippen molar-refractivity contribution >= 4 is 12.1 Å². The Hall–Kier alpha value is -2.24. The van der Waals surface area contributed by atoms with Gasteiger partial charge in [0.05, 0.1) is 6.61 Å². The molecule has 6 heteroatoms. The number of carbonyl (C=O) groups is 2. The fourth-order valence-electron chi connectivity index (χ4n) is 2.48. The number of hydrogen-bond donors (Lipinski definition) is 2. The summed E-state index contributed by atoms with van der Waals surface area (Å²) in [7, 11) is 0. The first kappa shape index (κ1) is 16.1. The molecule has 2 N–H and O–H groups in total. The number of carboxylic acid groups (broad SMARTS) is 1. The maximum absolute atomic E-state index is 11.9. The molecule has 1 amide bonds. The zero-order valence-electron chi connectivity index (χ0n) is 13.0. The second-order valence-corrected chi connectivity index (χ2v) is 6.24. The largest absolute Gasteiger partial charge is 0.493 e. The van der Waals surface area contributed by atoms with Gasteiger partial charge in [0.15, 0.2) is 0 Å². The molecule has 1 aliphatic heterocycles. The molecule has 6 nitrogen and oxygen atoms in total. The minimum Gasteiger partial charge on any atom is -0.493 e. The first-order valence-electron chi connectivity index (χ1n) is 7.22. The van der Waals surface area contributed by atoms with E-state index in [0.29, 0.717) is 18.8 Å². The Morgan fingerprint density at radius 1 is 1.36 bits per heavy atom. The van der Waals surface area contributed by atoms with Crippen LogP contribution in [0.3, 0.4) is 0 Å². The van der Waals surface area contributed by atoms with E-state index < -0.39 is 23.7 Å². The second kappa shape index (κ2) is 6.25. The van der Waals surface area contributed by atoms with Gasteiger partial charge >= 0.3 is 12.1 Å². The quantitative estimate of drug-likeness (QED) is 0.896. The number of para-hydroxylation sites is 1. The number of carbonyl (C=O) groups excluding carboxylic acids is 1. The molecular formula is C16H21NO5. The monoisotopic (exact) mass is 307 g/mol. The van der Waals surface area contributed by atoms with E-state index in [2.05, 4.69) is 5.32 Å². The van der Waals surface area contributed by atoms with Gasteiger partial charge in [-0.25, -0.2) is 9.59 Å². The maximum atomic E-state index is 11.9. The van der Waals surface area contributed by atoms with Crippen molar-refractivity contribution in [2.24, 2.45) is 0 Å². The Morgan fingerprint density at radius 3 is 2.68 bits per heavy atom. The number of fused-ring (bicyclic) bond motifs is 1. The lowest BCUT2D eigenvalue weighted by Gasteiger charge is -2.31. The summed E-state index contributed by atoms with van der Waals surface area (Å²) in [6.07, 6.45) is -0.215. The average Bonchev–Trinajstić information content (AvgIpc) is 2.42. The van der Waals surface area contributed by atoms with Gasteiger partial charge in [0.25, 0.3) is 0 Å². The number of hydrogen-bond acceptors (Lipinski definition) is 4. The van der Waals surface area contributed by atoms with Crippen molar-refractivity contribution in [2.45, 2.75) is 44.8 Å². The summed E-state index contributed by atoms with van der Waals surface area (Å²) < 4.78 is 10.7. The van der Waals surface area contributed by atoms with Crippen molar-refractivity contribution < 1.29 is 24.2 Å². The molecule has 0 bridgehead atoms. The number of carboxylic acids is 1. The first-order valence-corrected chi connectivity index (χ1v) is 7.22. The second-order valence-electron chi connectivity index (χ2n) is 6.24. The Bertz CT molecular complexity index is 564. The summed E-state index contributed by atoms with van der Waals surface area (Å²) in [5, 5.41) is 12.0. The summed E-state index contributed by atoms with van der Waals surface area (Å²) in [4.78, 5) is 23.5. The topological polar surface area (TPSA) is 84.9 Å². The summed E-state index contributed by atoms with van der Waals surface area (Å²) in [5.74, 6) is -0.779. The van der Waals surface area contributed by atoms with Gasteiger partial charge < -0.3 is 19.9 Å². The molecule has 1 aromatic carbocycles. The molecule has 0 spiro atoms. The smallest absolute Gasteiger partial charge is 0.408 e. The van der Waals surface area contributed by atoms with Gasteiger partial charge in [0.1, 0.15) is 17.4 Å². The average molecular weight is 307 g/mol. The van der Waals surface area contributed by atoms with E-state index in [9.17, 15) is 14.7 Å². The van der Waals surface area contributed by atoms with Crippen molar-refractivity contribution in [1.82, 2.24) is 5.32 Å². The van der Waals surface area contributed by atoms with E-state index in [1.165, 1.54) is 0 Å². The van der Waals surface area contributed by atoms with Crippen molar-refractivity contribution in [1.29, 1.82) is 0 Å². The molecule has 0 saturated carbocycles. The minimum absolute atomic E-state index is 0.352. The van der Waals surface area contributed by atoms with Gasteiger partial charge in [-0.2, -0.15) is 0 Å². The number of rotatable bonds is 3. The van der Waals surface area contributed by atoms with E-state index in [0.717, 1.165) is 5.56 Å². The number of benzene rings is 1.